The van der Waals surface area contributed by atoms with E-state index in [2.05, 4.69) is 35.9 Å². The number of hydrogen-bond donors (Lipinski definition) is 1. The number of piperidine rings is 1. The fraction of sp³-hybridized carbons (Fsp3) is 0.714. The summed E-state index contributed by atoms with van der Waals surface area (Å²) in [5, 5.41) is 3.43. The molecule has 2 aliphatic heterocycles. The molecule has 0 spiro atoms. The fourth-order valence-corrected chi connectivity index (χ4v) is 4.20. The average molecular weight is 517 g/mol. The van der Waals surface area contributed by atoms with Crippen molar-refractivity contribution in [3.8, 4) is 0 Å². The molecule has 164 valence electrons. The lowest BCUT2D eigenvalue weighted by Gasteiger charge is -2.38. The third-order valence-electron chi connectivity index (χ3n) is 5.86. The lowest BCUT2D eigenvalue weighted by Crippen LogP contribution is -2.54. The molecule has 0 bridgehead atoms. The highest BCUT2D eigenvalue weighted by Gasteiger charge is 2.26. The first-order valence-corrected chi connectivity index (χ1v) is 10.7. The van der Waals surface area contributed by atoms with Gasteiger partial charge in [-0.05, 0) is 52.3 Å². The number of furan rings is 1. The first kappa shape index (κ1) is 24.0. The van der Waals surface area contributed by atoms with E-state index in [0.29, 0.717) is 30.9 Å². The maximum Gasteiger partial charge on any atom is 0.289 e. The third kappa shape index (κ3) is 6.34. The van der Waals surface area contributed by atoms with Gasteiger partial charge < -0.3 is 19.5 Å². The molecule has 8 heteroatoms. The van der Waals surface area contributed by atoms with Gasteiger partial charge in [0.25, 0.3) is 5.91 Å². The zero-order chi connectivity index (χ0) is 19.9. The fourth-order valence-electron chi connectivity index (χ4n) is 4.20. The normalized spacial score (nSPS) is 22.2. The molecule has 7 nitrogen and oxygen atoms in total. The van der Waals surface area contributed by atoms with Crippen molar-refractivity contribution < 1.29 is 9.21 Å². The van der Waals surface area contributed by atoms with Gasteiger partial charge in [0.15, 0.2) is 11.7 Å². The van der Waals surface area contributed by atoms with Crippen molar-refractivity contribution in [2.24, 2.45) is 4.99 Å². The second kappa shape index (κ2) is 11.8. The summed E-state index contributed by atoms with van der Waals surface area (Å²) in [5.74, 6) is 1.35. The van der Waals surface area contributed by atoms with Crippen molar-refractivity contribution in [2.75, 3.05) is 45.8 Å². The molecule has 1 N–H and O–H groups in total. The number of guanidine groups is 1. The second-order valence-corrected chi connectivity index (χ2v) is 7.88. The van der Waals surface area contributed by atoms with Crippen molar-refractivity contribution in [1.29, 1.82) is 0 Å². The minimum absolute atomic E-state index is 0. The first-order chi connectivity index (χ1) is 13.6. The first-order valence-electron chi connectivity index (χ1n) is 10.7. The number of halogens is 1. The standard InChI is InChI=1S/C21H35N5O2.HI/c1-4-22-21(23-16-18(3)26-10-6-5-8-17(26)2)25-13-11-24(12-14-25)20(27)19-9-7-15-28-19;/h7,9,15,17-18H,4-6,8,10-14,16H2,1-3H3,(H,22,23);1H. The Morgan fingerprint density at radius 2 is 1.97 bits per heavy atom. The summed E-state index contributed by atoms with van der Waals surface area (Å²) in [6.07, 6.45) is 5.48. The highest BCUT2D eigenvalue weighted by atomic mass is 127. The molecule has 1 amide bonds. The van der Waals surface area contributed by atoms with E-state index in [1.807, 2.05) is 4.90 Å². The highest BCUT2D eigenvalue weighted by molar-refractivity contribution is 14.0. The van der Waals surface area contributed by atoms with Gasteiger partial charge in [0.2, 0.25) is 0 Å². The van der Waals surface area contributed by atoms with Crippen molar-refractivity contribution in [1.82, 2.24) is 20.0 Å². The highest BCUT2D eigenvalue weighted by Crippen LogP contribution is 2.19. The van der Waals surface area contributed by atoms with Crippen LogP contribution in [0, 0.1) is 0 Å². The topological polar surface area (TPSA) is 64.3 Å². The molecule has 2 unspecified atom stereocenters. The summed E-state index contributed by atoms with van der Waals surface area (Å²) in [6.45, 7) is 12.5. The maximum atomic E-state index is 12.4. The summed E-state index contributed by atoms with van der Waals surface area (Å²) in [7, 11) is 0. The predicted octanol–water partition coefficient (Wildman–Crippen LogP) is 2.88. The van der Waals surface area contributed by atoms with Crippen LogP contribution in [0.2, 0.25) is 0 Å². The number of nitrogens with zero attached hydrogens (tertiary/aromatic N) is 4. The number of rotatable bonds is 5. The number of carbonyl (C=O) groups excluding carboxylic acids is 1. The molecule has 2 saturated heterocycles. The van der Waals surface area contributed by atoms with Crippen LogP contribution in [0.5, 0.6) is 0 Å². The molecule has 3 heterocycles. The van der Waals surface area contributed by atoms with Crippen molar-refractivity contribution in [3.05, 3.63) is 24.2 Å². The predicted molar refractivity (Wildman–Crippen MR) is 127 cm³/mol. The van der Waals surface area contributed by atoms with Crippen molar-refractivity contribution >= 4 is 35.8 Å². The van der Waals surface area contributed by atoms with E-state index in [0.717, 1.165) is 32.1 Å². The Morgan fingerprint density at radius 1 is 1.24 bits per heavy atom. The maximum absolute atomic E-state index is 12.4. The molecule has 0 saturated carbocycles. The molecule has 0 radical (unpaired) electrons. The van der Waals surface area contributed by atoms with Crippen LogP contribution in [0.25, 0.3) is 0 Å². The van der Waals surface area contributed by atoms with E-state index >= 15 is 0 Å². The minimum Gasteiger partial charge on any atom is -0.459 e. The van der Waals surface area contributed by atoms with Crippen LogP contribution in [-0.4, -0.2) is 84.5 Å². The molecular weight excluding hydrogens is 481 g/mol. The Bertz CT molecular complexity index is 644. The molecule has 2 aliphatic rings. The van der Waals surface area contributed by atoms with E-state index < -0.39 is 0 Å². The average Bonchev–Trinajstić information content (AvgIpc) is 3.26. The Hall–Kier alpha value is -1.29. The van der Waals surface area contributed by atoms with Crippen molar-refractivity contribution in [3.63, 3.8) is 0 Å². The van der Waals surface area contributed by atoms with Crippen molar-refractivity contribution in [2.45, 2.75) is 52.1 Å². The van der Waals surface area contributed by atoms with Gasteiger partial charge in [-0.1, -0.05) is 6.42 Å². The largest absolute Gasteiger partial charge is 0.459 e. The molecule has 1 aromatic rings. The number of hydrogen-bond acceptors (Lipinski definition) is 4. The van der Waals surface area contributed by atoms with Crippen LogP contribution in [0.4, 0.5) is 0 Å². The second-order valence-electron chi connectivity index (χ2n) is 7.88. The quantitative estimate of drug-likeness (QED) is 0.370. The monoisotopic (exact) mass is 517 g/mol. The SMILES string of the molecule is CCNC(=NCC(C)N1CCCCC1C)N1CCN(C(=O)c2ccco2)CC1.I. The van der Waals surface area contributed by atoms with Crippen LogP contribution >= 0.6 is 24.0 Å². The number of aliphatic imine (C=N–C) groups is 1. The molecular formula is C21H36IN5O2. The summed E-state index contributed by atoms with van der Waals surface area (Å²) >= 11 is 0. The minimum atomic E-state index is -0.0284. The lowest BCUT2D eigenvalue weighted by molar-refractivity contribution is 0.0657. The van der Waals surface area contributed by atoms with Gasteiger partial charge >= 0.3 is 0 Å². The molecule has 2 fully saturated rings. The van der Waals surface area contributed by atoms with E-state index in [1.54, 1.807) is 18.4 Å². The van der Waals surface area contributed by atoms with Crippen LogP contribution in [0.15, 0.2) is 27.8 Å². The number of nitrogens with one attached hydrogen (secondary N) is 1. The van der Waals surface area contributed by atoms with E-state index in [-0.39, 0.29) is 29.9 Å². The molecule has 29 heavy (non-hydrogen) atoms. The number of piperazine rings is 1. The third-order valence-corrected chi connectivity index (χ3v) is 5.86. The Kier molecular flexibility index (Phi) is 9.74. The van der Waals surface area contributed by atoms with Gasteiger partial charge in [-0.3, -0.25) is 14.7 Å². The van der Waals surface area contributed by atoms with Gasteiger partial charge in [-0.15, -0.1) is 24.0 Å². The van der Waals surface area contributed by atoms with E-state index in [1.165, 1.54) is 25.8 Å². The molecule has 2 atom stereocenters. The summed E-state index contributed by atoms with van der Waals surface area (Å²) in [6, 6.07) is 4.58. The molecule has 0 aromatic carbocycles. The Morgan fingerprint density at radius 3 is 2.59 bits per heavy atom. The zero-order valence-corrected chi connectivity index (χ0v) is 20.3. The van der Waals surface area contributed by atoms with Crippen LogP contribution in [0.1, 0.15) is 50.6 Å². The van der Waals surface area contributed by atoms with Gasteiger partial charge in [-0.25, -0.2) is 0 Å². The number of amides is 1. The lowest BCUT2D eigenvalue weighted by atomic mass is 10.0. The van der Waals surface area contributed by atoms with Crippen LogP contribution in [0.3, 0.4) is 0 Å². The Balaban J connectivity index is 0.00000300. The van der Waals surface area contributed by atoms with Crippen LogP contribution in [-0.2, 0) is 0 Å². The summed E-state index contributed by atoms with van der Waals surface area (Å²) < 4.78 is 5.25. The summed E-state index contributed by atoms with van der Waals surface area (Å²) in [4.78, 5) is 24.1. The molecule has 0 aliphatic carbocycles. The Labute approximate surface area is 191 Å². The van der Waals surface area contributed by atoms with Gasteiger partial charge in [0, 0.05) is 44.8 Å². The van der Waals surface area contributed by atoms with Gasteiger partial charge in [0.1, 0.15) is 0 Å². The van der Waals surface area contributed by atoms with Crippen LogP contribution < -0.4 is 5.32 Å². The van der Waals surface area contributed by atoms with Gasteiger partial charge in [-0.2, -0.15) is 0 Å². The zero-order valence-electron chi connectivity index (χ0n) is 18.0. The molecule has 3 rings (SSSR count). The molecule has 1 aromatic heterocycles. The number of likely N-dealkylation sites (tertiary alicyclic amines) is 1. The smallest absolute Gasteiger partial charge is 0.289 e. The van der Waals surface area contributed by atoms with E-state index in [4.69, 9.17) is 9.41 Å². The van der Waals surface area contributed by atoms with E-state index in [9.17, 15) is 4.79 Å². The number of carbonyl (C=O) groups is 1. The van der Waals surface area contributed by atoms with Gasteiger partial charge in [0.05, 0.1) is 12.8 Å². The summed E-state index contributed by atoms with van der Waals surface area (Å²) in [5.41, 5.74) is 0.